The van der Waals surface area contributed by atoms with Gasteiger partial charge >= 0.3 is 11.9 Å². The van der Waals surface area contributed by atoms with Gasteiger partial charge in [-0.3, -0.25) is 0 Å². The minimum absolute atomic E-state index is 0.0339. The third-order valence-electron chi connectivity index (χ3n) is 3.76. The summed E-state index contributed by atoms with van der Waals surface area (Å²) in [6, 6.07) is 5.62. The summed E-state index contributed by atoms with van der Waals surface area (Å²) < 4.78 is 43.0. The standard InChI is InChI=1S/C22H28N2O7S/c1-21(2,3)30-19(25)15-12-13-24(18(23-14-15)20(26)31-22(4,5)6)32(27,28)17-10-8-16(29-7)9-11-17/h8-14H,1-7H3. The highest BCUT2D eigenvalue weighted by Crippen LogP contribution is 2.24. The molecule has 32 heavy (non-hydrogen) atoms. The van der Waals surface area contributed by atoms with Crippen molar-refractivity contribution in [2.75, 3.05) is 7.11 Å². The summed E-state index contributed by atoms with van der Waals surface area (Å²) in [5.41, 5.74) is -1.71. The highest BCUT2D eigenvalue weighted by molar-refractivity contribution is 7.89. The molecule has 0 fully saturated rings. The Morgan fingerprint density at radius 2 is 1.44 bits per heavy atom. The van der Waals surface area contributed by atoms with E-state index in [2.05, 4.69) is 4.99 Å². The van der Waals surface area contributed by atoms with Crippen molar-refractivity contribution in [1.29, 1.82) is 0 Å². The number of rotatable bonds is 5. The van der Waals surface area contributed by atoms with Crippen LogP contribution in [0.15, 0.2) is 58.2 Å². The molecular formula is C22H28N2O7S. The fourth-order valence-electron chi connectivity index (χ4n) is 2.43. The van der Waals surface area contributed by atoms with Crippen molar-refractivity contribution in [3.8, 4) is 5.75 Å². The fraction of sp³-hybridized carbons (Fsp3) is 0.409. The Kier molecular flexibility index (Phi) is 7.19. The molecule has 0 atom stereocenters. The van der Waals surface area contributed by atoms with Gasteiger partial charge in [0.15, 0.2) is 0 Å². The molecule has 0 saturated heterocycles. The molecule has 1 aliphatic heterocycles. The van der Waals surface area contributed by atoms with Gasteiger partial charge in [-0.15, -0.1) is 0 Å². The molecule has 0 amide bonds. The molecule has 0 aromatic heterocycles. The quantitative estimate of drug-likeness (QED) is 0.615. The molecule has 0 N–H and O–H groups in total. The van der Waals surface area contributed by atoms with Crippen molar-refractivity contribution in [1.82, 2.24) is 4.31 Å². The molecule has 0 aliphatic carbocycles. The second-order valence-electron chi connectivity index (χ2n) is 8.83. The van der Waals surface area contributed by atoms with Gasteiger partial charge in [0.25, 0.3) is 10.0 Å². The molecule has 10 heteroatoms. The SMILES string of the molecule is COc1ccc(S(=O)(=O)N2C=CC(C(=O)OC(C)(C)C)=CN=C2C(=O)OC(C)(C)C)cc1. The van der Waals surface area contributed by atoms with Crippen molar-refractivity contribution in [3.63, 3.8) is 0 Å². The Balaban J connectivity index is 2.54. The van der Waals surface area contributed by atoms with Crippen molar-refractivity contribution >= 4 is 27.8 Å². The molecule has 0 radical (unpaired) electrons. The zero-order chi connectivity index (χ0) is 24.3. The number of hydrogen-bond donors (Lipinski definition) is 0. The maximum atomic E-state index is 13.3. The van der Waals surface area contributed by atoms with Crippen LogP contribution in [0.3, 0.4) is 0 Å². The normalized spacial score (nSPS) is 14.8. The summed E-state index contributed by atoms with van der Waals surface area (Å²) >= 11 is 0. The van der Waals surface area contributed by atoms with E-state index >= 15 is 0 Å². The summed E-state index contributed by atoms with van der Waals surface area (Å²) in [7, 11) is -2.81. The first-order valence-corrected chi connectivity index (χ1v) is 11.2. The van der Waals surface area contributed by atoms with Gasteiger partial charge in [0, 0.05) is 12.4 Å². The number of methoxy groups -OCH3 is 1. The van der Waals surface area contributed by atoms with E-state index in [0.29, 0.717) is 10.1 Å². The van der Waals surface area contributed by atoms with Crippen LogP contribution in [-0.2, 0) is 29.1 Å². The lowest BCUT2D eigenvalue weighted by molar-refractivity contribution is -0.149. The van der Waals surface area contributed by atoms with Crippen LogP contribution in [-0.4, -0.2) is 48.8 Å². The first-order chi connectivity index (χ1) is 14.6. The topological polar surface area (TPSA) is 112 Å². The van der Waals surface area contributed by atoms with Crippen LogP contribution in [0.25, 0.3) is 0 Å². The molecule has 1 heterocycles. The largest absolute Gasteiger partial charge is 0.497 e. The number of carbonyl (C=O) groups excluding carboxylic acids is 2. The van der Waals surface area contributed by atoms with Crippen molar-refractivity contribution in [3.05, 3.63) is 48.3 Å². The third-order valence-corrected chi connectivity index (χ3v) is 5.44. The molecule has 1 aromatic carbocycles. The minimum Gasteiger partial charge on any atom is -0.497 e. The summed E-state index contributed by atoms with van der Waals surface area (Å²) in [4.78, 5) is 29.1. The second kappa shape index (κ2) is 9.15. The minimum atomic E-state index is -4.27. The Hall–Kier alpha value is -3.14. The van der Waals surface area contributed by atoms with Gasteiger partial charge in [0.1, 0.15) is 17.0 Å². The van der Waals surface area contributed by atoms with Crippen LogP contribution in [0.4, 0.5) is 0 Å². The highest BCUT2D eigenvalue weighted by Gasteiger charge is 2.34. The van der Waals surface area contributed by atoms with E-state index in [-0.39, 0.29) is 10.5 Å². The summed E-state index contributed by atoms with van der Waals surface area (Å²) in [5.74, 6) is -1.75. The molecule has 9 nitrogen and oxygen atoms in total. The van der Waals surface area contributed by atoms with E-state index in [9.17, 15) is 18.0 Å². The monoisotopic (exact) mass is 464 g/mol. The summed E-state index contributed by atoms with van der Waals surface area (Å²) in [5, 5.41) is 0. The van der Waals surface area contributed by atoms with E-state index < -0.39 is 39.0 Å². The first-order valence-electron chi connectivity index (χ1n) is 9.75. The molecule has 1 aromatic rings. The van der Waals surface area contributed by atoms with Crippen LogP contribution < -0.4 is 4.74 Å². The number of ether oxygens (including phenoxy) is 3. The van der Waals surface area contributed by atoms with Gasteiger partial charge in [-0.25, -0.2) is 27.3 Å². The predicted molar refractivity (Wildman–Crippen MR) is 118 cm³/mol. The van der Waals surface area contributed by atoms with Crippen LogP contribution in [0.1, 0.15) is 41.5 Å². The van der Waals surface area contributed by atoms with Crippen molar-refractivity contribution in [2.45, 2.75) is 57.6 Å². The van der Waals surface area contributed by atoms with Crippen LogP contribution in [0.2, 0.25) is 0 Å². The average Bonchev–Trinajstić information content (AvgIpc) is 2.89. The molecule has 0 spiro atoms. The second-order valence-corrected chi connectivity index (χ2v) is 10.6. The average molecular weight is 465 g/mol. The zero-order valence-electron chi connectivity index (χ0n) is 19.2. The van der Waals surface area contributed by atoms with Gasteiger partial charge in [0.05, 0.1) is 17.6 Å². The maximum absolute atomic E-state index is 13.3. The maximum Gasteiger partial charge on any atom is 0.376 e. The lowest BCUT2D eigenvalue weighted by Crippen LogP contribution is -2.40. The molecule has 0 saturated carbocycles. The van der Waals surface area contributed by atoms with E-state index in [1.807, 2.05) is 0 Å². The van der Waals surface area contributed by atoms with Gasteiger partial charge in [-0.2, -0.15) is 0 Å². The van der Waals surface area contributed by atoms with Gasteiger partial charge in [-0.1, -0.05) is 0 Å². The van der Waals surface area contributed by atoms with Crippen LogP contribution in [0.5, 0.6) is 5.75 Å². The summed E-state index contributed by atoms with van der Waals surface area (Å²) in [6.45, 7) is 10.0. The van der Waals surface area contributed by atoms with E-state index in [0.717, 1.165) is 12.4 Å². The predicted octanol–water partition coefficient (Wildman–Crippen LogP) is 3.18. The molecule has 2 rings (SSSR count). The molecule has 174 valence electrons. The molecule has 1 aliphatic rings. The van der Waals surface area contributed by atoms with Gasteiger partial charge in [0.2, 0.25) is 5.84 Å². The van der Waals surface area contributed by atoms with E-state index in [4.69, 9.17) is 14.2 Å². The van der Waals surface area contributed by atoms with Crippen molar-refractivity contribution < 1.29 is 32.2 Å². The first kappa shape index (κ1) is 25.1. The van der Waals surface area contributed by atoms with Crippen LogP contribution in [0, 0.1) is 0 Å². The third kappa shape index (κ3) is 6.43. The lowest BCUT2D eigenvalue weighted by atomic mass is 10.2. The number of amidine groups is 1. The Morgan fingerprint density at radius 3 is 1.94 bits per heavy atom. The zero-order valence-corrected chi connectivity index (χ0v) is 20.0. The fourth-order valence-corrected chi connectivity index (χ4v) is 3.71. The number of carbonyl (C=O) groups is 2. The smallest absolute Gasteiger partial charge is 0.376 e. The van der Waals surface area contributed by atoms with Crippen LogP contribution >= 0.6 is 0 Å². The molecule has 0 bridgehead atoms. The van der Waals surface area contributed by atoms with Gasteiger partial charge in [-0.05, 0) is 71.9 Å². The Morgan fingerprint density at radius 1 is 0.906 bits per heavy atom. The number of nitrogens with zero attached hydrogens (tertiary/aromatic N) is 2. The van der Waals surface area contributed by atoms with E-state index in [1.54, 1.807) is 41.5 Å². The Labute approximate surface area is 188 Å². The number of sulfonamides is 1. The number of aliphatic imine (C=N–C) groups is 1. The van der Waals surface area contributed by atoms with E-state index in [1.165, 1.54) is 37.5 Å². The lowest BCUT2D eigenvalue weighted by Gasteiger charge is -2.24. The number of esters is 2. The highest BCUT2D eigenvalue weighted by atomic mass is 32.2. The van der Waals surface area contributed by atoms with Gasteiger partial charge < -0.3 is 14.2 Å². The van der Waals surface area contributed by atoms with Crippen molar-refractivity contribution in [2.24, 2.45) is 4.99 Å². The summed E-state index contributed by atoms with van der Waals surface area (Å²) in [6.07, 6.45) is 3.37. The number of hydrogen-bond acceptors (Lipinski definition) is 8. The number of benzene rings is 1. The Bertz CT molecular complexity index is 1070. The molecular weight excluding hydrogens is 436 g/mol. The molecule has 0 unspecified atom stereocenters.